The van der Waals surface area contributed by atoms with Gasteiger partial charge in [-0.2, -0.15) is 0 Å². The smallest absolute Gasteiger partial charge is 0.203 e. The Morgan fingerprint density at radius 3 is 2.26 bits per heavy atom. The maximum atomic E-state index is 5.96. The number of likely N-dealkylation sites (N-methyl/N-ethyl adjacent to an activating group) is 1. The Labute approximate surface area is 142 Å². The zero-order valence-corrected chi connectivity index (χ0v) is 14.0. The second kappa shape index (κ2) is 7.49. The first-order valence-corrected chi connectivity index (χ1v) is 8.18. The summed E-state index contributed by atoms with van der Waals surface area (Å²) in [5.41, 5.74) is 1.94. The average molecular weight is 329 g/mol. The molecule has 23 heavy (non-hydrogen) atoms. The van der Waals surface area contributed by atoms with E-state index in [0.717, 1.165) is 48.5 Å². The molecule has 120 valence electrons. The van der Waals surface area contributed by atoms with E-state index >= 15 is 0 Å². The first kappa shape index (κ1) is 15.8. The quantitative estimate of drug-likeness (QED) is 0.674. The molecule has 3 rings (SSSR count). The normalized spacial score (nSPS) is 16.4. The lowest BCUT2D eigenvalue weighted by Crippen LogP contribution is -2.49. The number of hydrogen-bond acceptors (Lipinski definition) is 2. The van der Waals surface area contributed by atoms with E-state index in [1.165, 1.54) is 0 Å². The number of anilines is 1. The lowest BCUT2D eigenvalue weighted by molar-refractivity contribution is 0.215. The maximum Gasteiger partial charge on any atom is 0.203 e. The third kappa shape index (κ3) is 4.47. The van der Waals surface area contributed by atoms with Gasteiger partial charge in [-0.3, -0.25) is 0 Å². The summed E-state index contributed by atoms with van der Waals surface area (Å²) in [7, 11) is 2.15. The summed E-state index contributed by atoms with van der Waals surface area (Å²) in [4.78, 5) is 9.42. The molecule has 1 N–H and O–H groups in total. The van der Waals surface area contributed by atoms with Crippen molar-refractivity contribution in [2.24, 2.45) is 4.99 Å². The summed E-state index contributed by atoms with van der Waals surface area (Å²) < 4.78 is 0. The van der Waals surface area contributed by atoms with Crippen LogP contribution in [0.3, 0.4) is 0 Å². The third-order valence-corrected chi connectivity index (χ3v) is 4.15. The molecule has 2 aromatic carbocycles. The van der Waals surface area contributed by atoms with Gasteiger partial charge in [0.05, 0.1) is 5.69 Å². The molecule has 1 aliphatic heterocycles. The number of rotatable bonds is 2. The van der Waals surface area contributed by atoms with E-state index < -0.39 is 0 Å². The topological polar surface area (TPSA) is 30.9 Å². The van der Waals surface area contributed by atoms with Gasteiger partial charge in [0, 0.05) is 36.9 Å². The number of hydrogen-bond donors (Lipinski definition) is 1. The molecule has 1 heterocycles. The van der Waals surface area contributed by atoms with E-state index in [1.54, 1.807) is 0 Å². The minimum Gasteiger partial charge on any atom is -0.340 e. The van der Waals surface area contributed by atoms with Crippen molar-refractivity contribution in [3.8, 4) is 0 Å². The number of nitrogens with zero attached hydrogens (tertiary/aromatic N) is 3. The van der Waals surface area contributed by atoms with Crippen molar-refractivity contribution >= 4 is 28.9 Å². The van der Waals surface area contributed by atoms with Crippen LogP contribution in [-0.2, 0) is 0 Å². The Morgan fingerprint density at radius 1 is 0.957 bits per heavy atom. The van der Waals surface area contributed by atoms with Crippen LogP contribution in [0.5, 0.6) is 0 Å². The third-order valence-electron chi connectivity index (χ3n) is 3.89. The van der Waals surface area contributed by atoms with Crippen LogP contribution in [0, 0.1) is 0 Å². The molecule has 0 amide bonds. The van der Waals surface area contributed by atoms with Gasteiger partial charge in [-0.05, 0) is 43.4 Å². The Morgan fingerprint density at radius 2 is 1.61 bits per heavy atom. The molecule has 1 aliphatic rings. The number of aliphatic imine (C=N–C) groups is 1. The number of guanidine groups is 1. The molecule has 1 saturated heterocycles. The van der Waals surface area contributed by atoms with Crippen molar-refractivity contribution in [1.82, 2.24) is 9.80 Å². The molecule has 5 heteroatoms. The molecule has 0 radical (unpaired) electrons. The van der Waals surface area contributed by atoms with Crippen molar-refractivity contribution in [3.63, 3.8) is 0 Å². The summed E-state index contributed by atoms with van der Waals surface area (Å²) >= 11 is 5.96. The van der Waals surface area contributed by atoms with E-state index in [1.807, 2.05) is 54.6 Å². The van der Waals surface area contributed by atoms with E-state index in [4.69, 9.17) is 16.6 Å². The van der Waals surface area contributed by atoms with Crippen molar-refractivity contribution < 1.29 is 0 Å². The van der Waals surface area contributed by atoms with Gasteiger partial charge in [-0.25, -0.2) is 4.99 Å². The standard InChI is InChI=1S/C18H21ClN4/c1-22-11-13-23(14-12-22)18(20-16-5-3-2-4-6-16)21-17-9-7-15(19)8-10-17/h2-10H,11-14H2,1H3,(H,20,21). The van der Waals surface area contributed by atoms with E-state index in [0.29, 0.717) is 0 Å². The molecular formula is C18H21ClN4. The van der Waals surface area contributed by atoms with Gasteiger partial charge in [-0.1, -0.05) is 29.8 Å². The zero-order valence-electron chi connectivity index (χ0n) is 13.2. The van der Waals surface area contributed by atoms with Crippen LogP contribution in [0.15, 0.2) is 59.6 Å². The number of para-hydroxylation sites is 1. The van der Waals surface area contributed by atoms with Gasteiger partial charge in [0.15, 0.2) is 0 Å². The molecule has 0 aliphatic carbocycles. The zero-order chi connectivity index (χ0) is 16.1. The molecule has 0 bridgehead atoms. The van der Waals surface area contributed by atoms with Crippen LogP contribution in [-0.4, -0.2) is 49.0 Å². The van der Waals surface area contributed by atoms with Crippen LogP contribution in [0.25, 0.3) is 0 Å². The molecule has 0 spiro atoms. The van der Waals surface area contributed by atoms with Crippen LogP contribution in [0.4, 0.5) is 11.4 Å². The number of nitrogens with one attached hydrogen (secondary N) is 1. The van der Waals surface area contributed by atoms with Crippen molar-refractivity contribution in [1.29, 1.82) is 0 Å². The lowest BCUT2D eigenvalue weighted by atomic mass is 10.3. The van der Waals surface area contributed by atoms with Crippen molar-refractivity contribution in [2.45, 2.75) is 0 Å². The van der Waals surface area contributed by atoms with E-state index in [9.17, 15) is 0 Å². The van der Waals surface area contributed by atoms with Gasteiger partial charge < -0.3 is 15.1 Å². The summed E-state index contributed by atoms with van der Waals surface area (Å²) in [5.74, 6) is 0.881. The van der Waals surface area contributed by atoms with Gasteiger partial charge in [0.25, 0.3) is 0 Å². The van der Waals surface area contributed by atoms with Gasteiger partial charge in [-0.15, -0.1) is 0 Å². The van der Waals surface area contributed by atoms with Crippen molar-refractivity contribution in [2.75, 3.05) is 38.5 Å². The fourth-order valence-electron chi connectivity index (χ4n) is 2.48. The minimum absolute atomic E-state index is 0.723. The second-order valence-electron chi connectivity index (χ2n) is 5.69. The average Bonchev–Trinajstić information content (AvgIpc) is 2.58. The Balaban J connectivity index is 1.84. The SMILES string of the molecule is CN1CCN(C(=Nc2ccc(Cl)cc2)Nc2ccccc2)CC1. The van der Waals surface area contributed by atoms with Crippen LogP contribution >= 0.6 is 11.6 Å². The fraction of sp³-hybridized carbons (Fsp3) is 0.278. The minimum atomic E-state index is 0.723. The fourth-order valence-corrected chi connectivity index (χ4v) is 2.61. The first-order valence-electron chi connectivity index (χ1n) is 7.80. The summed E-state index contributed by atoms with van der Waals surface area (Å²) in [6.45, 7) is 4.00. The largest absolute Gasteiger partial charge is 0.340 e. The summed E-state index contributed by atoms with van der Waals surface area (Å²) in [6, 6.07) is 17.8. The van der Waals surface area contributed by atoms with Gasteiger partial charge >= 0.3 is 0 Å². The highest BCUT2D eigenvalue weighted by Crippen LogP contribution is 2.18. The maximum absolute atomic E-state index is 5.96. The Bertz CT molecular complexity index is 646. The monoisotopic (exact) mass is 328 g/mol. The highest BCUT2D eigenvalue weighted by atomic mass is 35.5. The lowest BCUT2D eigenvalue weighted by Gasteiger charge is -2.34. The first-order chi connectivity index (χ1) is 11.2. The Hall–Kier alpha value is -2.04. The van der Waals surface area contributed by atoms with Crippen LogP contribution in [0.2, 0.25) is 5.02 Å². The molecule has 2 aromatic rings. The molecular weight excluding hydrogens is 308 g/mol. The number of benzene rings is 2. The highest BCUT2D eigenvalue weighted by Gasteiger charge is 2.17. The predicted octanol–water partition coefficient (Wildman–Crippen LogP) is 3.69. The van der Waals surface area contributed by atoms with Gasteiger partial charge in [0.1, 0.15) is 0 Å². The number of piperazine rings is 1. The van der Waals surface area contributed by atoms with E-state index in [2.05, 4.69) is 22.2 Å². The van der Waals surface area contributed by atoms with Gasteiger partial charge in [0.2, 0.25) is 5.96 Å². The highest BCUT2D eigenvalue weighted by molar-refractivity contribution is 6.30. The second-order valence-corrected chi connectivity index (χ2v) is 6.13. The summed E-state index contributed by atoms with van der Waals surface area (Å²) in [5, 5.41) is 4.17. The molecule has 0 aromatic heterocycles. The van der Waals surface area contributed by atoms with E-state index in [-0.39, 0.29) is 0 Å². The molecule has 0 atom stereocenters. The van der Waals surface area contributed by atoms with Crippen molar-refractivity contribution in [3.05, 3.63) is 59.6 Å². The predicted molar refractivity (Wildman–Crippen MR) is 97.7 cm³/mol. The Kier molecular flexibility index (Phi) is 5.16. The van der Waals surface area contributed by atoms with Crippen LogP contribution < -0.4 is 5.32 Å². The summed E-state index contributed by atoms with van der Waals surface area (Å²) in [6.07, 6.45) is 0. The molecule has 0 saturated carbocycles. The van der Waals surface area contributed by atoms with Crippen LogP contribution in [0.1, 0.15) is 0 Å². The number of halogens is 1. The molecule has 1 fully saturated rings. The molecule has 0 unspecified atom stereocenters. The molecule has 4 nitrogen and oxygen atoms in total.